The second kappa shape index (κ2) is 7.32. The van der Waals surface area contributed by atoms with Crippen LogP contribution in [0.5, 0.6) is 0 Å². The number of benzene rings is 1. The van der Waals surface area contributed by atoms with E-state index in [0.29, 0.717) is 11.4 Å². The monoisotopic (exact) mass is 364 g/mol. The molecule has 2 heterocycles. The van der Waals surface area contributed by atoms with Crippen molar-refractivity contribution in [1.29, 1.82) is 0 Å². The fraction of sp³-hybridized carbons (Fsp3) is 0.286. The standard InChI is InChI=1S/C21H24N4O2/c1-14-5-7-16(8-6-14)19-18(15-9-11-23-12-10-15)17(13-22)25(24-19)20(26)27-21(2,3)4/h5-12H,13,22H2,1-4H3. The Labute approximate surface area is 159 Å². The summed E-state index contributed by atoms with van der Waals surface area (Å²) in [6, 6.07) is 11.8. The number of aromatic nitrogens is 3. The third kappa shape index (κ3) is 4.06. The average molecular weight is 364 g/mol. The van der Waals surface area contributed by atoms with Gasteiger partial charge in [-0.2, -0.15) is 9.78 Å². The fourth-order valence-corrected chi connectivity index (χ4v) is 2.83. The molecule has 6 heteroatoms. The van der Waals surface area contributed by atoms with Gasteiger partial charge in [-0.1, -0.05) is 29.8 Å². The number of pyridine rings is 1. The van der Waals surface area contributed by atoms with Crippen LogP contribution in [0.15, 0.2) is 48.8 Å². The summed E-state index contributed by atoms with van der Waals surface area (Å²) in [4.78, 5) is 16.8. The number of aryl methyl sites for hydroxylation is 1. The first-order valence-corrected chi connectivity index (χ1v) is 8.83. The number of carbonyl (C=O) groups is 1. The lowest BCUT2D eigenvalue weighted by Gasteiger charge is -2.19. The lowest BCUT2D eigenvalue weighted by molar-refractivity contribution is 0.0510. The highest BCUT2D eigenvalue weighted by molar-refractivity contribution is 5.86. The maximum absolute atomic E-state index is 12.7. The van der Waals surface area contributed by atoms with Gasteiger partial charge in [0.1, 0.15) is 11.3 Å². The van der Waals surface area contributed by atoms with E-state index in [-0.39, 0.29) is 6.54 Å². The Morgan fingerprint density at radius 3 is 2.26 bits per heavy atom. The van der Waals surface area contributed by atoms with Gasteiger partial charge in [0.25, 0.3) is 0 Å². The Morgan fingerprint density at radius 1 is 1.07 bits per heavy atom. The van der Waals surface area contributed by atoms with Crippen LogP contribution in [0.2, 0.25) is 0 Å². The zero-order valence-electron chi connectivity index (χ0n) is 16.1. The number of hydrogen-bond donors (Lipinski definition) is 1. The lowest BCUT2D eigenvalue weighted by Crippen LogP contribution is -2.29. The van der Waals surface area contributed by atoms with Crippen molar-refractivity contribution in [3.05, 3.63) is 60.0 Å². The zero-order chi connectivity index (χ0) is 19.6. The highest BCUT2D eigenvalue weighted by Gasteiger charge is 2.26. The summed E-state index contributed by atoms with van der Waals surface area (Å²) in [6.07, 6.45) is 2.87. The van der Waals surface area contributed by atoms with Gasteiger partial charge in [0.15, 0.2) is 0 Å². The van der Waals surface area contributed by atoms with E-state index in [1.807, 2.05) is 64.1 Å². The Kier molecular flexibility index (Phi) is 5.10. The van der Waals surface area contributed by atoms with Gasteiger partial charge in [0, 0.05) is 30.1 Å². The molecule has 0 aliphatic heterocycles. The first kappa shape index (κ1) is 18.8. The molecular formula is C21H24N4O2. The second-order valence-corrected chi connectivity index (χ2v) is 7.37. The van der Waals surface area contributed by atoms with Gasteiger partial charge in [-0.25, -0.2) is 4.79 Å². The molecule has 0 aliphatic rings. The number of ether oxygens (including phenoxy) is 1. The zero-order valence-corrected chi connectivity index (χ0v) is 16.1. The molecule has 0 bridgehead atoms. The van der Waals surface area contributed by atoms with Gasteiger partial charge in [-0.3, -0.25) is 4.98 Å². The summed E-state index contributed by atoms with van der Waals surface area (Å²) in [7, 11) is 0. The minimum absolute atomic E-state index is 0.149. The van der Waals surface area contributed by atoms with Gasteiger partial charge in [-0.05, 0) is 45.4 Å². The fourth-order valence-electron chi connectivity index (χ4n) is 2.83. The largest absolute Gasteiger partial charge is 0.442 e. The number of nitrogens with zero attached hydrogens (tertiary/aromatic N) is 3. The van der Waals surface area contributed by atoms with Crippen molar-refractivity contribution in [3.63, 3.8) is 0 Å². The number of carbonyl (C=O) groups excluding carboxylic acids is 1. The molecule has 0 saturated heterocycles. The maximum Gasteiger partial charge on any atom is 0.435 e. The maximum atomic E-state index is 12.7. The van der Waals surface area contributed by atoms with Crippen molar-refractivity contribution in [3.8, 4) is 22.4 Å². The van der Waals surface area contributed by atoms with Crippen LogP contribution < -0.4 is 5.73 Å². The molecule has 0 unspecified atom stereocenters. The summed E-state index contributed by atoms with van der Waals surface area (Å²) < 4.78 is 6.79. The molecule has 0 aliphatic carbocycles. The molecule has 140 valence electrons. The van der Waals surface area contributed by atoms with Gasteiger partial charge >= 0.3 is 6.09 Å². The first-order valence-electron chi connectivity index (χ1n) is 8.83. The molecule has 6 nitrogen and oxygen atoms in total. The quantitative estimate of drug-likeness (QED) is 0.754. The van der Waals surface area contributed by atoms with E-state index in [0.717, 1.165) is 22.3 Å². The summed E-state index contributed by atoms with van der Waals surface area (Å²) in [5, 5.41) is 4.58. The summed E-state index contributed by atoms with van der Waals surface area (Å²) in [5.74, 6) is 0. The molecule has 0 fully saturated rings. The van der Waals surface area contributed by atoms with Gasteiger partial charge in [0.05, 0.1) is 5.69 Å². The molecule has 0 amide bonds. The van der Waals surface area contributed by atoms with Crippen molar-refractivity contribution >= 4 is 6.09 Å². The van der Waals surface area contributed by atoms with E-state index in [1.54, 1.807) is 12.4 Å². The summed E-state index contributed by atoms with van der Waals surface area (Å²) >= 11 is 0. The van der Waals surface area contributed by atoms with E-state index >= 15 is 0 Å². The van der Waals surface area contributed by atoms with Crippen LogP contribution in [0.3, 0.4) is 0 Å². The smallest absolute Gasteiger partial charge is 0.435 e. The molecule has 2 aromatic heterocycles. The molecule has 3 rings (SSSR count). The van der Waals surface area contributed by atoms with Crippen molar-refractivity contribution in [1.82, 2.24) is 14.8 Å². The molecule has 1 aromatic carbocycles. The van der Waals surface area contributed by atoms with E-state index < -0.39 is 11.7 Å². The van der Waals surface area contributed by atoms with Crippen molar-refractivity contribution in [2.75, 3.05) is 0 Å². The molecule has 0 atom stereocenters. The second-order valence-electron chi connectivity index (χ2n) is 7.37. The molecule has 0 spiro atoms. The SMILES string of the molecule is Cc1ccc(-c2nn(C(=O)OC(C)(C)C)c(CN)c2-c2ccncc2)cc1. The van der Waals surface area contributed by atoms with Crippen LogP contribution in [-0.4, -0.2) is 26.5 Å². The van der Waals surface area contributed by atoms with Gasteiger partial charge in [-0.15, -0.1) is 0 Å². The van der Waals surface area contributed by atoms with Crippen LogP contribution in [0.4, 0.5) is 4.79 Å². The van der Waals surface area contributed by atoms with Crippen LogP contribution >= 0.6 is 0 Å². The third-order valence-electron chi connectivity index (χ3n) is 4.03. The third-order valence-corrected chi connectivity index (χ3v) is 4.03. The van der Waals surface area contributed by atoms with E-state index in [9.17, 15) is 4.79 Å². The predicted molar refractivity (Wildman–Crippen MR) is 105 cm³/mol. The average Bonchev–Trinajstić information content (AvgIpc) is 3.01. The van der Waals surface area contributed by atoms with E-state index in [2.05, 4.69) is 10.1 Å². The van der Waals surface area contributed by atoms with Gasteiger partial charge in [0.2, 0.25) is 0 Å². The minimum Gasteiger partial charge on any atom is -0.442 e. The van der Waals surface area contributed by atoms with Crippen LogP contribution in [0, 0.1) is 6.92 Å². The first-order chi connectivity index (χ1) is 12.8. The van der Waals surface area contributed by atoms with E-state index in [1.165, 1.54) is 4.68 Å². The van der Waals surface area contributed by atoms with E-state index in [4.69, 9.17) is 10.5 Å². The number of rotatable bonds is 3. The number of nitrogens with two attached hydrogens (primary N) is 1. The minimum atomic E-state index is -0.629. The summed E-state index contributed by atoms with van der Waals surface area (Å²) in [5.41, 5.74) is 10.5. The Hall–Kier alpha value is -2.99. The highest BCUT2D eigenvalue weighted by atomic mass is 16.6. The van der Waals surface area contributed by atoms with Crippen LogP contribution in [0.25, 0.3) is 22.4 Å². The molecule has 0 saturated carbocycles. The topological polar surface area (TPSA) is 83.0 Å². The van der Waals surface area contributed by atoms with Crippen molar-refractivity contribution in [2.24, 2.45) is 5.73 Å². The normalized spacial score (nSPS) is 11.4. The Balaban J connectivity index is 2.22. The number of hydrogen-bond acceptors (Lipinski definition) is 5. The predicted octanol–water partition coefficient (Wildman–Crippen LogP) is 4.16. The van der Waals surface area contributed by atoms with Gasteiger partial charge < -0.3 is 10.5 Å². The van der Waals surface area contributed by atoms with Crippen LogP contribution in [-0.2, 0) is 11.3 Å². The Bertz CT molecular complexity index is 939. The molecule has 0 radical (unpaired) electrons. The van der Waals surface area contributed by atoms with Crippen molar-refractivity contribution < 1.29 is 9.53 Å². The lowest BCUT2D eigenvalue weighted by atomic mass is 9.99. The van der Waals surface area contributed by atoms with Crippen LogP contribution in [0.1, 0.15) is 32.0 Å². The summed E-state index contributed by atoms with van der Waals surface area (Å²) in [6.45, 7) is 7.64. The highest BCUT2D eigenvalue weighted by Crippen LogP contribution is 2.34. The van der Waals surface area contributed by atoms with Crippen molar-refractivity contribution in [2.45, 2.75) is 39.8 Å². The molecule has 3 aromatic rings. The molecular weight excluding hydrogens is 340 g/mol. The molecule has 2 N–H and O–H groups in total. The Morgan fingerprint density at radius 2 is 1.70 bits per heavy atom. The molecule has 27 heavy (non-hydrogen) atoms.